The number of aliphatic imine (C=N–C) groups is 1. The SMILES string of the molecule is N#Cc1cc(Br)cc(N=C=O)c1. The molecule has 3 nitrogen and oxygen atoms in total. The maximum atomic E-state index is 9.90. The monoisotopic (exact) mass is 222 g/mol. The second-order valence-corrected chi connectivity index (χ2v) is 2.93. The summed E-state index contributed by atoms with van der Waals surface area (Å²) in [7, 11) is 0. The molecule has 0 unspecified atom stereocenters. The number of hydrogen-bond donors (Lipinski definition) is 0. The van der Waals surface area contributed by atoms with Crippen LogP contribution in [0.15, 0.2) is 27.7 Å². The molecule has 0 fully saturated rings. The third-order valence-corrected chi connectivity index (χ3v) is 1.64. The van der Waals surface area contributed by atoms with Gasteiger partial charge in [0.2, 0.25) is 6.08 Å². The van der Waals surface area contributed by atoms with Gasteiger partial charge in [0.1, 0.15) is 0 Å². The van der Waals surface area contributed by atoms with Gasteiger partial charge in [-0.15, -0.1) is 0 Å². The molecule has 0 amide bonds. The van der Waals surface area contributed by atoms with E-state index in [1.165, 1.54) is 12.1 Å². The van der Waals surface area contributed by atoms with E-state index in [2.05, 4.69) is 20.9 Å². The van der Waals surface area contributed by atoms with Crippen molar-refractivity contribution < 1.29 is 4.79 Å². The lowest BCUT2D eigenvalue weighted by molar-refractivity contribution is 0.565. The minimum Gasteiger partial charge on any atom is -0.211 e. The molecule has 0 radical (unpaired) electrons. The van der Waals surface area contributed by atoms with E-state index in [-0.39, 0.29) is 0 Å². The molecule has 0 aliphatic carbocycles. The highest BCUT2D eigenvalue weighted by atomic mass is 79.9. The normalized spacial score (nSPS) is 8.33. The Morgan fingerprint density at radius 2 is 2.17 bits per heavy atom. The van der Waals surface area contributed by atoms with E-state index in [4.69, 9.17) is 5.26 Å². The highest BCUT2D eigenvalue weighted by Gasteiger charge is 1.96. The van der Waals surface area contributed by atoms with E-state index in [1.807, 2.05) is 6.07 Å². The van der Waals surface area contributed by atoms with Gasteiger partial charge in [-0.25, -0.2) is 4.79 Å². The number of hydrogen-bond acceptors (Lipinski definition) is 3. The summed E-state index contributed by atoms with van der Waals surface area (Å²) in [4.78, 5) is 13.3. The van der Waals surface area contributed by atoms with Gasteiger partial charge >= 0.3 is 0 Å². The largest absolute Gasteiger partial charge is 0.240 e. The predicted octanol–water partition coefficient (Wildman–Crippen LogP) is 2.29. The zero-order chi connectivity index (χ0) is 8.97. The van der Waals surface area contributed by atoms with Crippen LogP contribution in [-0.4, -0.2) is 6.08 Å². The summed E-state index contributed by atoms with van der Waals surface area (Å²) in [6.07, 6.45) is 1.41. The Labute approximate surface area is 77.5 Å². The number of carbonyl (C=O) groups excluding carboxylic acids is 1. The molecule has 0 N–H and O–H groups in total. The molecular weight excluding hydrogens is 220 g/mol. The zero-order valence-corrected chi connectivity index (χ0v) is 7.50. The standard InChI is InChI=1S/C8H3BrN2O/c9-7-1-6(4-10)2-8(3-7)11-5-12/h1-3H. The number of nitriles is 1. The Balaban J connectivity index is 3.25. The van der Waals surface area contributed by atoms with Crippen LogP contribution in [0.25, 0.3) is 0 Å². The van der Waals surface area contributed by atoms with Crippen molar-refractivity contribution >= 4 is 27.7 Å². The van der Waals surface area contributed by atoms with Gasteiger partial charge in [-0.05, 0) is 18.2 Å². The van der Waals surface area contributed by atoms with Gasteiger partial charge in [0.25, 0.3) is 0 Å². The molecule has 0 saturated heterocycles. The molecule has 12 heavy (non-hydrogen) atoms. The number of benzene rings is 1. The van der Waals surface area contributed by atoms with Crippen molar-refractivity contribution in [1.29, 1.82) is 5.26 Å². The molecule has 1 aromatic carbocycles. The van der Waals surface area contributed by atoms with E-state index in [9.17, 15) is 4.79 Å². The van der Waals surface area contributed by atoms with Crippen LogP contribution >= 0.6 is 15.9 Å². The second kappa shape index (κ2) is 3.82. The van der Waals surface area contributed by atoms with E-state index in [0.29, 0.717) is 11.3 Å². The Morgan fingerprint density at radius 1 is 1.42 bits per heavy atom. The molecule has 0 saturated carbocycles. The average molecular weight is 223 g/mol. The Morgan fingerprint density at radius 3 is 2.75 bits per heavy atom. The van der Waals surface area contributed by atoms with Gasteiger partial charge in [-0.2, -0.15) is 10.3 Å². The van der Waals surface area contributed by atoms with Crippen LogP contribution < -0.4 is 0 Å². The van der Waals surface area contributed by atoms with Crippen LogP contribution in [-0.2, 0) is 4.79 Å². The maximum absolute atomic E-state index is 9.90. The van der Waals surface area contributed by atoms with Crippen molar-refractivity contribution in [3.05, 3.63) is 28.2 Å². The van der Waals surface area contributed by atoms with Crippen LogP contribution in [0.4, 0.5) is 5.69 Å². The summed E-state index contributed by atoms with van der Waals surface area (Å²) in [6.45, 7) is 0. The molecule has 1 aromatic rings. The minimum absolute atomic E-state index is 0.427. The lowest BCUT2D eigenvalue weighted by Gasteiger charge is -1.93. The molecule has 0 bridgehead atoms. The zero-order valence-electron chi connectivity index (χ0n) is 5.91. The molecule has 58 valence electrons. The summed E-state index contributed by atoms with van der Waals surface area (Å²) in [5.41, 5.74) is 0.884. The van der Waals surface area contributed by atoms with Crippen molar-refractivity contribution in [2.45, 2.75) is 0 Å². The van der Waals surface area contributed by atoms with Gasteiger partial charge in [0, 0.05) is 4.47 Å². The van der Waals surface area contributed by atoms with Crippen molar-refractivity contribution in [2.75, 3.05) is 0 Å². The van der Waals surface area contributed by atoms with Crippen molar-refractivity contribution in [1.82, 2.24) is 0 Å². The highest BCUT2D eigenvalue weighted by molar-refractivity contribution is 9.10. The topological polar surface area (TPSA) is 53.2 Å². The Hall–Kier alpha value is -1.43. The molecule has 0 aromatic heterocycles. The Bertz CT molecular complexity index is 389. The van der Waals surface area contributed by atoms with Crippen molar-refractivity contribution in [3.63, 3.8) is 0 Å². The number of rotatable bonds is 1. The fourth-order valence-corrected chi connectivity index (χ4v) is 1.24. The summed E-state index contributed by atoms with van der Waals surface area (Å²) in [5.74, 6) is 0. The van der Waals surface area contributed by atoms with Crippen molar-refractivity contribution in [2.24, 2.45) is 4.99 Å². The fraction of sp³-hybridized carbons (Fsp3) is 0. The second-order valence-electron chi connectivity index (χ2n) is 2.01. The van der Waals surface area contributed by atoms with Crippen LogP contribution in [0, 0.1) is 11.3 Å². The van der Waals surface area contributed by atoms with Gasteiger partial charge in [0.05, 0.1) is 17.3 Å². The van der Waals surface area contributed by atoms with Crippen LogP contribution in [0.2, 0.25) is 0 Å². The third kappa shape index (κ3) is 2.03. The smallest absolute Gasteiger partial charge is 0.211 e. The van der Waals surface area contributed by atoms with Gasteiger partial charge in [-0.1, -0.05) is 15.9 Å². The van der Waals surface area contributed by atoms with Crippen LogP contribution in [0.1, 0.15) is 5.56 Å². The molecule has 0 heterocycles. The number of halogens is 1. The van der Waals surface area contributed by atoms with Crippen molar-refractivity contribution in [3.8, 4) is 6.07 Å². The summed E-state index contributed by atoms with van der Waals surface area (Å²) in [6, 6.07) is 6.73. The molecular formula is C8H3BrN2O. The first-order valence-corrected chi connectivity index (χ1v) is 3.84. The Kier molecular flexibility index (Phi) is 2.76. The third-order valence-electron chi connectivity index (χ3n) is 1.19. The van der Waals surface area contributed by atoms with Gasteiger partial charge in [0.15, 0.2) is 0 Å². The molecule has 0 atom stereocenters. The number of isocyanates is 1. The first kappa shape index (κ1) is 8.66. The molecule has 0 aliphatic rings. The summed E-state index contributed by atoms with van der Waals surface area (Å²) < 4.78 is 0.718. The first-order valence-electron chi connectivity index (χ1n) is 3.05. The molecule has 1 rings (SSSR count). The van der Waals surface area contributed by atoms with E-state index in [1.54, 1.807) is 12.1 Å². The quantitative estimate of drug-likeness (QED) is 0.541. The number of nitrogens with zero attached hydrogens (tertiary/aromatic N) is 2. The van der Waals surface area contributed by atoms with Gasteiger partial charge in [-0.3, -0.25) is 0 Å². The van der Waals surface area contributed by atoms with Gasteiger partial charge < -0.3 is 0 Å². The van der Waals surface area contributed by atoms with E-state index >= 15 is 0 Å². The summed E-state index contributed by atoms with van der Waals surface area (Å²) >= 11 is 3.18. The van der Waals surface area contributed by atoms with E-state index < -0.39 is 0 Å². The summed E-state index contributed by atoms with van der Waals surface area (Å²) in [5, 5.41) is 8.54. The maximum Gasteiger partial charge on any atom is 0.240 e. The molecule has 0 spiro atoms. The predicted molar refractivity (Wildman–Crippen MR) is 46.6 cm³/mol. The lowest BCUT2D eigenvalue weighted by Crippen LogP contribution is -1.73. The fourth-order valence-electron chi connectivity index (χ4n) is 0.756. The highest BCUT2D eigenvalue weighted by Crippen LogP contribution is 2.20. The van der Waals surface area contributed by atoms with E-state index in [0.717, 1.165) is 4.47 Å². The van der Waals surface area contributed by atoms with Crippen LogP contribution in [0.5, 0.6) is 0 Å². The average Bonchev–Trinajstić information content (AvgIpc) is 2.04. The van der Waals surface area contributed by atoms with Crippen LogP contribution in [0.3, 0.4) is 0 Å². The minimum atomic E-state index is 0.427. The molecule has 4 heteroatoms. The lowest BCUT2D eigenvalue weighted by atomic mass is 10.2. The first-order chi connectivity index (χ1) is 5.76. The molecule has 0 aliphatic heterocycles.